The molecule has 1 atom stereocenters. The summed E-state index contributed by atoms with van der Waals surface area (Å²) in [5.41, 5.74) is 3.21. The van der Waals surface area contributed by atoms with E-state index in [1.165, 1.54) is 11.1 Å². The lowest BCUT2D eigenvalue weighted by Crippen LogP contribution is -2.25. The summed E-state index contributed by atoms with van der Waals surface area (Å²) in [6.45, 7) is 2.18. The lowest BCUT2D eigenvalue weighted by Gasteiger charge is -2.21. The van der Waals surface area contributed by atoms with E-state index >= 15 is 0 Å². The summed E-state index contributed by atoms with van der Waals surface area (Å²) in [6.07, 6.45) is 0.943. The molecule has 0 amide bonds. The van der Waals surface area contributed by atoms with Crippen LogP contribution in [0.2, 0.25) is 0 Å². The molecule has 0 aromatic heterocycles. The van der Waals surface area contributed by atoms with E-state index in [1.807, 2.05) is 12.1 Å². The summed E-state index contributed by atoms with van der Waals surface area (Å²) < 4.78 is 11.3. The van der Waals surface area contributed by atoms with Gasteiger partial charge in [-0.2, -0.15) is 0 Å². The van der Waals surface area contributed by atoms with Gasteiger partial charge in [0, 0.05) is 13.0 Å². The number of benzene rings is 1. The van der Waals surface area contributed by atoms with Crippen molar-refractivity contribution in [2.75, 3.05) is 13.2 Å². The van der Waals surface area contributed by atoms with Crippen LogP contribution in [0.4, 0.5) is 0 Å². The van der Waals surface area contributed by atoms with Gasteiger partial charge in [-0.3, -0.25) is 0 Å². The average molecular weight is 206 g/mol. The highest BCUT2D eigenvalue weighted by atomic mass is 16.6. The van der Waals surface area contributed by atoms with Crippen LogP contribution in [-0.2, 0) is 28.3 Å². The van der Waals surface area contributed by atoms with Gasteiger partial charge < -0.3 is 14.6 Å². The monoisotopic (exact) mass is 206 g/mol. The molecule has 1 N–H and O–H groups in total. The molecule has 0 bridgehead atoms. The van der Waals surface area contributed by atoms with Crippen LogP contribution >= 0.6 is 0 Å². The average Bonchev–Trinajstić information content (AvgIpc) is 2.88. The van der Waals surface area contributed by atoms with Crippen molar-refractivity contribution in [1.29, 1.82) is 0 Å². The van der Waals surface area contributed by atoms with E-state index in [0.29, 0.717) is 13.2 Å². The molecule has 0 aliphatic carbocycles. The van der Waals surface area contributed by atoms with E-state index in [-0.39, 0.29) is 12.2 Å². The van der Waals surface area contributed by atoms with Crippen LogP contribution in [-0.4, -0.2) is 18.3 Å². The molecule has 0 radical (unpaired) electrons. The first-order valence-electron chi connectivity index (χ1n) is 5.29. The second kappa shape index (κ2) is 3.30. The quantitative estimate of drug-likeness (QED) is 0.753. The van der Waals surface area contributed by atoms with E-state index in [2.05, 4.69) is 6.07 Å². The summed E-state index contributed by atoms with van der Waals surface area (Å²) in [5.74, 6) is 0. The van der Waals surface area contributed by atoms with Crippen LogP contribution in [0.3, 0.4) is 0 Å². The third kappa shape index (κ3) is 1.31. The Morgan fingerprint density at radius 2 is 2.33 bits per heavy atom. The molecule has 80 valence electrons. The van der Waals surface area contributed by atoms with E-state index in [4.69, 9.17) is 14.6 Å². The Labute approximate surface area is 88.6 Å². The van der Waals surface area contributed by atoms with Gasteiger partial charge in [-0.05, 0) is 16.7 Å². The Hall–Kier alpha value is -0.900. The fraction of sp³-hybridized carbons (Fsp3) is 0.500. The van der Waals surface area contributed by atoms with Gasteiger partial charge in [-0.25, -0.2) is 0 Å². The standard InChI is InChI=1S/C12H14O3/c13-6-9-1-2-11-10(5-9)7-15-12(11)3-4-14-8-12/h1-2,5,13H,3-4,6-8H2. The van der Waals surface area contributed by atoms with Crippen LogP contribution in [0.1, 0.15) is 23.1 Å². The predicted octanol–water partition coefficient (Wildman–Crippen LogP) is 1.32. The molecule has 3 nitrogen and oxygen atoms in total. The minimum atomic E-state index is -0.191. The fourth-order valence-electron chi connectivity index (χ4n) is 2.48. The topological polar surface area (TPSA) is 38.7 Å². The lowest BCUT2D eigenvalue weighted by atomic mass is 9.91. The molecule has 2 aliphatic heterocycles. The number of rotatable bonds is 1. The largest absolute Gasteiger partial charge is 0.392 e. The zero-order valence-corrected chi connectivity index (χ0v) is 8.53. The molecule has 1 saturated heterocycles. The maximum Gasteiger partial charge on any atom is 0.119 e. The summed E-state index contributed by atoms with van der Waals surface area (Å²) in [6, 6.07) is 6.07. The number of fused-ring (bicyclic) bond motifs is 2. The molecular weight excluding hydrogens is 192 g/mol. The van der Waals surface area contributed by atoms with E-state index in [1.54, 1.807) is 0 Å². The van der Waals surface area contributed by atoms with Crippen molar-refractivity contribution < 1.29 is 14.6 Å². The minimum absolute atomic E-state index is 0.0940. The van der Waals surface area contributed by atoms with Crippen LogP contribution in [0.15, 0.2) is 18.2 Å². The Balaban J connectivity index is 2.03. The number of ether oxygens (including phenoxy) is 2. The van der Waals surface area contributed by atoms with Crippen molar-refractivity contribution in [2.24, 2.45) is 0 Å². The lowest BCUT2D eigenvalue weighted by molar-refractivity contribution is -0.0421. The first-order valence-corrected chi connectivity index (χ1v) is 5.29. The Morgan fingerprint density at radius 1 is 1.40 bits per heavy atom. The van der Waals surface area contributed by atoms with Gasteiger partial charge >= 0.3 is 0 Å². The Morgan fingerprint density at radius 3 is 3.07 bits per heavy atom. The highest BCUT2D eigenvalue weighted by molar-refractivity contribution is 5.39. The third-order valence-corrected chi connectivity index (χ3v) is 3.33. The Bertz CT molecular complexity index is 380. The number of hydrogen-bond acceptors (Lipinski definition) is 3. The second-order valence-corrected chi connectivity index (χ2v) is 4.24. The molecule has 1 aromatic carbocycles. The van der Waals surface area contributed by atoms with Gasteiger partial charge in [0.05, 0.1) is 19.8 Å². The maximum atomic E-state index is 9.06. The third-order valence-electron chi connectivity index (χ3n) is 3.33. The van der Waals surface area contributed by atoms with E-state index in [0.717, 1.165) is 18.6 Å². The molecule has 15 heavy (non-hydrogen) atoms. The first kappa shape index (κ1) is 9.33. The number of aliphatic hydroxyl groups excluding tert-OH is 1. The first-order chi connectivity index (χ1) is 7.34. The summed E-state index contributed by atoms with van der Waals surface area (Å²) in [4.78, 5) is 0. The molecule has 3 rings (SSSR count). The molecule has 1 fully saturated rings. The Kier molecular flexibility index (Phi) is 2.06. The van der Waals surface area contributed by atoms with Crippen molar-refractivity contribution in [2.45, 2.75) is 25.2 Å². The van der Waals surface area contributed by atoms with Crippen LogP contribution in [0, 0.1) is 0 Å². The normalized spacial score (nSPS) is 28.6. The van der Waals surface area contributed by atoms with Crippen LogP contribution < -0.4 is 0 Å². The maximum absolute atomic E-state index is 9.06. The van der Waals surface area contributed by atoms with Gasteiger partial charge in [0.2, 0.25) is 0 Å². The van der Waals surface area contributed by atoms with Crippen molar-refractivity contribution >= 4 is 0 Å². The van der Waals surface area contributed by atoms with Crippen molar-refractivity contribution in [1.82, 2.24) is 0 Å². The molecular formula is C12H14O3. The molecule has 2 aliphatic rings. The SMILES string of the molecule is OCc1ccc2c(c1)COC21CCOC1. The molecule has 2 heterocycles. The molecule has 0 saturated carbocycles. The van der Waals surface area contributed by atoms with Gasteiger partial charge in [-0.15, -0.1) is 0 Å². The minimum Gasteiger partial charge on any atom is -0.392 e. The molecule has 1 aromatic rings. The number of aliphatic hydroxyl groups is 1. The van der Waals surface area contributed by atoms with Crippen molar-refractivity contribution in [3.63, 3.8) is 0 Å². The van der Waals surface area contributed by atoms with Gasteiger partial charge in [-0.1, -0.05) is 18.2 Å². The van der Waals surface area contributed by atoms with E-state index in [9.17, 15) is 0 Å². The highest BCUT2D eigenvalue weighted by Crippen LogP contribution is 2.42. The summed E-state index contributed by atoms with van der Waals surface area (Å²) in [5, 5.41) is 9.06. The smallest absolute Gasteiger partial charge is 0.119 e. The zero-order chi connectivity index (χ0) is 10.3. The summed E-state index contributed by atoms with van der Waals surface area (Å²) in [7, 11) is 0. The van der Waals surface area contributed by atoms with Crippen LogP contribution in [0.5, 0.6) is 0 Å². The molecule has 3 heteroatoms. The van der Waals surface area contributed by atoms with Crippen molar-refractivity contribution in [3.05, 3.63) is 34.9 Å². The van der Waals surface area contributed by atoms with Gasteiger partial charge in [0.1, 0.15) is 5.60 Å². The highest BCUT2D eigenvalue weighted by Gasteiger charge is 2.43. The summed E-state index contributed by atoms with van der Waals surface area (Å²) >= 11 is 0. The van der Waals surface area contributed by atoms with Crippen LogP contribution in [0.25, 0.3) is 0 Å². The zero-order valence-electron chi connectivity index (χ0n) is 8.53. The van der Waals surface area contributed by atoms with E-state index < -0.39 is 0 Å². The molecule has 1 unspecified atom stereocenters. The number of hydrogen-bond donors (Lipinski definition) is 1. The van der Waals surface area contributed by atoms with Crippen molar-refractivity contribution in [3.8, 4) is 0 Å². The van der Waals surface area contributed by atoms with Gasteiger partial charge in [0.15, 0.2) is 0 Å². The fourth-order valence-corrected chi connectivity index (χ4v) is 2.48. The second-order valence-electron chi connectivity index (χ2n) is 4.24. The predicted molar refractivity (Wildman–Crippen MR) is 54.3 cm³/mol. The molecule has 1 spiro atoms. The van der Waals surface area contributed by atoms with Gasteiger partial charge in [0.25, 0.3) is 0 Å².